The van der Waals surface area contributed by atoms with E-state index in [4.69, 9.17) is 4.99 Å². The van der Waals surface area contributed by atoms with Crippen molar-refractivity contribution < 1.29 is 0 Å². The van der Waals surface area contributed by atoms with Crippen molar-refractivity contribution in [3.63, 3.8) is 0 Å². The number of aryl methyl sites for hydroxylation is 1. The van der Waals surface area contributed by atoms with Gasteiger partial charge in [0.05, 0.1) is 12.2 Å². The van der Waals surface area contributed by atoms with Gasteiger partial charge in [-0.05, 0) is 56.5 Å². The molecule has 0 unspecified atom stereocenters. The first-order chi connectivity index (χ1) is 13.6. The second-order valence-electron chi connectivity index (χ2n) is 7.29. The van der Waals surface area contributed by atoms with Gasteiger partial charge in [-0.15, -0.1) is 0 Å². The molecule has 5 nitrogen and oxygen atoms in total. The van der Waals surface area contributed by atoms with Crippen molar-refractivity contribution in [2.45, 2.75) is 45.8 Å². The van der Waals surface area contributed by atoms with Gasteiger partial charge in [-0.25, -0.2) is 4.99 Å². The second kappa shape index (κ2) is 10.6. The summed E-state index contributed by atoms with van der Waals surface area (Å²) in [6, 6.07) is 15.2. The molecule has 2 N–H and O–H groups in total. The zero-order valence-corrected chi connectivity index (χ0v) is 18.4. The maximum atomic E-state index is 4.73. The Morgan fingerprint density at radius 2 is 1.93 bits per heavy atom. The van der Waals surface area contributed by atoms with Gasteiger partial charge in [0.2, 0.25) is 0 Å². The number of aliphatic imine (C=N–C) groups is 1. The maximum Gasteiger partial charge on any atom is 0.191 e. The number of nitrogens with one attached hydrogen (secondary N) is 2. The normalized spacial score (nSPS) is 16.2. The van der Waals surface area contributed by atoms with Gasteiger partial charge in [-0.3, -0.25) is 9.88 Å². The summed E-state index contributed by atoms with van der Waals surface area (Å²) in [5.74, 6) is 0.886. The molecule has 150 valence electrons. The summed E-state index contributed by atoms with van der Waals surface area (Å²) in [5, 5.41) is 6.98. The molecular formula is C22H30BrN5. The van der Waals surface area contributed by atoms with Crippen LogP contribution in [-0.2, 0) is 13.1 Å². The Morgan fingerprint density at radius 1 is 1.18 bits per heavy atom. The van der Waals surface area contributed by atoms with Gasteiger partial charge >= 0.3 is 0 Å². The van der Waals surface area contributed by atoms with E-state index in [0.29, 0.717) is 12.6 Å². The average molecular weight is 444 g/mol. The van der Waals surface area contributed by atoms with E-state index >= 15 is 0 Å². The molecule has 28 heavy (non-hydrogen) atoms. The van der Waals surface area contributed by atoms with E-state index in [1.54, 1.807) is 0 Å². The molecule has 0 radical (unpaired) electrons. The molecule has 1 aliphatic rings. The number of benzene rings is 1. The van der Waals surface area contributed by atoms with Crippen LogP contribution < -0.4 is 10.6 Å². The molecule has 1 fully saturated rings. The lowest BCUT2D eigenvalue weighted by atomic mass is 10.0. The minimum absolute atomic E-state index is 0.462. The third-order valence-corrected chi connectivity index (χ3v) is 5.47. The van der Waals surface area contributed by atoms with Crippen molar-refractivity contribution >= 4 is 21.9 Å². The number of guanidine groups is 1. The predicted octanol–water partition coefficient (Wildman–Crippen LogP) is 3.87. The predicted molar refractivity (Wildman–Crippen MR) is 119 cm³/mol. The molecular weight excluding hydrogens is 414 g/mol. The number of likely N-dealkylation sites (tertiary alicyclic amines) is 1. The quantitative estimate of drug-likeness (QED) is 0.525. The van der Waals surface area contributed by atoms with Crippen molar-refractivity contribution in [1.82, 2.24) is 20.5 Å². The van der Waals surface area contributed by atoms with E-state index in [9.17, 15) is 0 Å². The number of pyridine rings is 1. The third kappa shape index (κ3) is 6.60. The van der Waals surface area contributed by atoms with Gasteiger partial charge in [0.1, 0.15) is 0 Å². The first-order valence-corrected chi connectivity index (χ1v) is 10.9. The topological polar surface area (TPSA) is 52.6 Å². The van der Waals surface area contributed by atoms with Crippen LogP contribution in [0.1, 0.15) is 36.7 Å². The zero-order chi connectivity index (χ0) is 19.8. The average Bonchev–Trinajstić information content (AvgIpc) is 2.70. The summed E-state index contributed by atoms with van der Waals surface area (Å²) in [5.41, 5.74) is 3.40. The van der Waals surface area contributed by atoms with Crippen molar-refractivity contribution in [2.75, 3.05) is 19.6 Å². The van der Waals surface area contributed by atoms with E-state index in [1.807, 2.05) is 25.1 Å². The van der Waals surface area contributed by atoms with Crippen molar-refractivity contribution in [3.8, 4) is 0 Å². The molecule has 2 aromatic rings. The monoisotopic (exact) mass is 443 g/mol. The van der Waals surface area contributed by atoms with Crippen LogP contribution in [0.2, 0.25) is 0 Å². The fraction of sp³-hybridized carbons (Fsp3) is 0.455. The van der Waals surface area contributed by atoms with Crippen molar-refractivity contribution in [1.29, 1.82) is 0 Å². The highest BCUT2D eigenvalue weighted by Crippen LogP contribution is 2.16. The molecule has 6 heteroatoms. The summed E-state index contributed by atoms with van der Waals surface area (Å²) >= 11 is 3.50. The van der Waals surface area contributed by atoms with Gasteiger partial charge in [0, 0.05) is 42.4 Å². The Balaban J connectivity index is 1.49. The van der Waals surface area contributed by atoms with Gasteiger partial charge in [0.15, 0.2) is 5.96 Å². The maximum absolute atomic E-state index is 4.73. The van der Waals surface area contributed by atoms with E-state index in [2.05, 4.69) is 67.6 Å². The van der Waals surface area contributed by atoms with E-state index in [0.717, 1.165) is 60.8 Å². The van der Waals surface area contributed by atoms with Crippen molar-refractivity contribution in [2.24, 2.45) is 4.99 Å². The molecule has 2 heterocycles. The van der Waals surface area contributed by atoms with E-state index in [-0.39, 0.29) is 0 Å². The number of aromatic nitrogens is 1. The smallest absolute Gasteiger partial charge is 0.191 e. The number of nitrogens with zero attached hydrogens (tertiary/aromatic N) is 3. The van der Waals surface area contributed by atoms with Crippen LogP contribution in [0, 0.1) is 6.92 Å². The second-order valence-corrected chi connectivity index (χ2v) is 8.20. The number of rotatable bonds is 6. The molecule has 0 saturated carbocycles. The van der Waals surface area contributed by atoms with Crippen LogP contribution in [0.5, 0.6) is 0 Å². The van der Waals surface area contributed by atoms with E-state index in [1.165, 1.54) is 5.56 Å². The molecule has 1 aliphatic heterocycles. The minimum atomic E-state index is 0.462. The first kappa shape index (κ1) is 20.8. The van der Waals surface area contributed by atoms with Gasteiger partial charge < -0.3 is 10.6 Å². The Kier molecular flexibility index (Phi) is 7.86. The fourth-order valence-corrected chi connectivity index (χ4v) is 3.71. The standard InChI is InChI=1S/C22H30BrN5/c1-3-24-22(25-15-21-6-4-5-17(2)26-21)27-20-11-13-28(14-12-20)16-18-7-9-19(23)10-8-18/h4-10,20H,3,11-16H2,1-2H3,(H2,24,25,27). The fourth-order valence-electron chi connectivity index (χ4n) is 3.44. The lowest BCUT2D eigenvalue weighted by Gasteiger charge is -2.33. The molecule has 0 aliphatic carbocycles. The molecule has 0 amide bonds. The minimum Gasteiger partial charge on any atom is -0.357 e. The first-order valence-electron chi connectivity index (χ1n) is 10.1. The van der Waals surface area contributed by atoms with E-state index < -0.39 is 0 Å². The molecule has 0 spiro atoms. The van der Waals surface area contributed by atoms with Gasteiger partial charge in [0.25, 0.3) is 0 Å². The number of hydrogen-bond acceptors (Lipinski definition) is 3. The molecule has 1 aromatic carbocycles. The molecule has 3 rings (SSSR count). The zero-order valence-electron chi connectivity index (χ0n) is 16.8. The summed E-state index contributed by atoms with van der Waals surface area (Å²) in [4.78, 5) is 11.8. The molecule has 1 aromatic heterocycles. The van der Waals surface area contributed by atoms with Gasteiger partial charge in [-0.2, -0.15) is 0 Å². The summed E-state index contributed by atoms with van der Waals surface area (Å²) < 4.78 is 1.13. The number of piperidine rings is 1. The highest BCUT2D eigenvalue weighted by Gasteiger charge is 2.20. The van der Waals surface area contributed by atoms with Crippen LogP contribution >= 0.6 is 15.9 Å². The Labute approximate surface area is 176 Å². The van der Waals surface area contributed by atoms with Crippen LogP contribution in [0.15, 0.2) is 51.9 Å². The highest BCUT2D eigenvalue weighted by atomic mass is 79.9. The Hall–Kier alpha value is -1.92. The van der Waals surface area contributed by atoms with Crippen LogP contribution in [0.25, 0.3) is 0 Å². The summed E-state index contributed by atoms with van der Waals surface area (Å²) in [6.45, 7) is 8.79. The largest absolute Gasteiger partial charge is 0.357 e. The molecule has 1 saturated heterocycles. The van der Waals surface area contributed by atoms with Crippen molar-refractivity contribution in [3.05, 3.63) is 63.9 Å². The highest BCUT2D eigenvalue weighted by molar-refractivity contribution is 9.10. The Morgan fingerprint density at radius 3 is 2.61 bits per heavy atom. The Bertz CT molecular complexity index is 767. The number of halogens is 1. The lowest BCUT2D eigenvalue weighted by Crippen LogP contribution is -2.48. The summed E-state index contributed by atoms with van der Waals surface area (Å²) in [6.07, 6.45) is 2.26. The lowest BCUT2D eigenvalue weighted by molar-refractivity contribution is 0.198. The third-order valence-electron chi connectivity index (χ3n) is 4.94. The number of hydrogen-bond donors (Lipinski definition) is 2. The summed E-state index contributed by atoms with van der Waals surface area (Å²) in [7, 11) is 0. The SMILES string of the molecule is CCNC(=NCc1cccc(C)n1)NC1CCN(Cc2ccc(Br)cc2)CC1. The molecule has 0 bridgehead atoms. The van der Waals surface area contributed by atoms with Gasteiger partial charge in [-0.1, -0.05) is 34.1 Å². The van der Waals surface area contributed by atoms with Crippen LogP contribution in [0.4, 0.5) is 0 Å². The van der Waals surface area contributed by atoms with Crippen LogP contribution in [0.3, 0.4) is 0 Å². The van der Waals surface area contributed by atoms with Crippen LogP contribution in [-0.4, -0.2) is 41.5 Å². The molecule has 0 atom stereocenters.